The van der Waals surface area contributed by atoms with Gasteiger partial charge in [0.25, 0.3) is 0 Å². The van der Waals surface area contributed by atoms with Gasteiger partial charge in [0.2, 0.25) is 0 Å². The predicted octanol–water partition coefficient (Wildman–Crippen LogP) is 10.5. The second-order valence-electron chi connectivity index (χ2n) is 15.4. The summed E-state index contributed by atoms with van der Waals surface area (Å²) < 4.78 is 7.21. The SMILES string of the molecule is Cc1cc(C)c(C=c2cccc(Oc3cccc(=Cc4c(C)cc(C)cc4C)c3=Cc3c(C)cc(C)cc3C)c2=Cc2c(C)cc(C)cc2C)c(C)c1. The van der Waals surface area contributed by atoms with Crippen LogP contribution in [0.15, 0.2) is 84.9 Å². The first kappa shape index (κ1) is 37.4. The minimum Gasteiger partial charge on any atom is -0.456 e. The molecule has 6 aromatic carbocycles. The Labute approximate surface area is 317 Å². The van der Waals surface area contributed by atoms with Crippen LogP contribution in [0.5, 0.6) is 11.5 Å². The Morgan fingerprint density at radius 3 is 0.830 bits per heavy atom. The molecule has 53 heavy (non-hydrogen) atoms. The van der Waals surface area contributed by atoms with Crippen molar-refractivity contribution in [1.29, 1.82) is 0 Å². The molecule has 0 N–H and O–H groups in total. The Balaban J connectivity index is 1.69. The third-order valence-electron chi connectivity index (χ3n) is 10.5. The van der Waals surface area contributed by atoms with Crippen LogP contribution >= 0.6 is 0 Å². The average Bonchev–Trinajstić information content (AvgIpc) is 3.05. The molecule has 0 unspecified atom stereocenters. The molecule has 0 aliphatic heterocycles. The Morgan fingerprint density at radius 1 is 0.321 bits per heavy atom. The van der Waals surface area contributed by atoms with Crippen molar-refractivity contribution in [1.82, 2.24) is 0 Å². The highest BCUT2D eigenvalue weighted by molar-refractivity contribution is 5.66. The molecule has 0 saturated heterocycles. The van der Waals surface area contributed by atoms with Crippen LogP contribution < -0.4 is 25.6 Å². The van der Waals surface area contributed by atoms with Crippen molar-refractivity contribution in [2.75, 3.05) is 0 Å². The van der Waals surface area contributed by atoms with E-state index in [4.69, 9.17) is 4.74 Å². The molecular formula is C52H54O. The molecule has 0 spiro atoms. The molecule has 1 nitrogen and oxygen atoms in total. The van der Waals surface area contributed by atoms with E-state index in [1.54, 1.807) is 0 Å². The number of hydrogen-bond donors (Lipinski definition) is 0. The number of benzene rings is 6. The van der Waals surface area contributed by atoms with Crippen molar-refractivity contribution in [3.05, 3.63) is 195 Å². The summed E-state index contributed by atoms with van der Waals surface area (Å²) in [5.74, 6) is 1.65. The third-order valence-corrected chi connectivity index (χ3v) is 10.5. The molecule has 6 aromatic rings. The van der Waals surface area contributed by atoms with Gasteiger partial charge >= 0.3 is 0 Å². The van der Waals surface area contributed by atoms with Crippen LogP contribution in [-0.2, 0) is 0 Å². The fraction of sp³-hybridized carbons (Fsp3) is 0.231. The summed E-state index contributed by atoms with van der Waals surface area (Å²) in [6.45, 7) is 26.3. The number of rotatable bonds is 6. The summed E-state index contributed by atoms with van der Waals surface area (Å²) in [4.78, 5) is 0. The van der Waals surface area contributed by atoms with Gasteiger partial charge in [-0.15, -0.1) is 0 Å². The van der Waals surface area contributed by atoms with Crippen molar-refractivity contribution in [3.8, 4) is 11.5 Å². The van der Waals surface area contributed by atoms with Gasteiger partial charge in [-0.25, -0.2) is 0 Å². The van der Waals surface area contributed by atoms with Crippen molar-refractivity contribution >= 4 is 24.3 Å². The fourth-order valence-corrected chi connectivity index (χ4v) is 8.25. The predicted molar refractivity (Wildman–Crippen MR) is 228 cm³/mol. The topological polar surface area (TPSA) is 9.23 Å². The lowest BCUT2D eigenvalue weighted by molar-refractivity contribution is 0.473. The molecule has 6 rings (SSSR count). The zero-order chi connectivity index (χ0) is 38.1. The Bertz CT molecular complexity index is 2370. The highest BCUT2D eigenvalue weighted by atomic mass is 16.5. The normalized spacial score (nSPS) is 13.0. The lowest BCUT2D eigenvalue weighted by Crippen LogP contribution is -2.30. The second kappa shape index (κ2) is 15.3. The van der Waals surface area contributed by atoms with E-state index in [9.17, 15) is 0 Å². The second-order valence-corrected chi connectivity index (χ2v) is 15.4. The van der Waals surface area contributed by atoms with Gasteiger partial charge in [-0.2, -0.15) is 0 Å². The lowest BCUT2D eigenvalue weighted by Gasteiger charge is -2.13. The van der Waals surface area contributed by atoms with Crippen LogP contribution in [0.1, 0.15) is 89.0 Å². The van der Waals surface area contributed by atoms with Crippen LogP contribution in [0.2, 0.25) is 0 Å². The third kappa shape index (κ3) is 8.16. The maximum absolute atomic E-state index is 7.21. The summed E-state index contributed by atoms with van der Waals surface area (Å²) in [5.41, 5.74) is 20.2. The summed E-state index contributed by atoms with van der Waals surface area (Å²) in [7, 11) is 0. The summed E-state index contributed by atoms with van der Waals surface area (Å²) >= 11 is 0. The van der Waals surface area contributed by atoms with Gasteiger partial charge in [0.1, 0.15) is 11.5 Å². The molecule has 0 fully saturated rings. The van der Waals surface area contributed by atoms with Crippen molar-refractivity contribution in [2.24, 2.45) is 0 Å². The maximum atomic E-state index is 7.21. The van der Waals surface area contributed by atoms with Crippen LogP contribution in [0, 0.1) is 83.1 Å². The highest BCUT2D eigenvalue weighted by Crippen LogP contribution is 2.22. The van der Waals surface area contributed by atoms with E-state index >= 15 is 0 Å². The van der Waals surface area contributed by atoms with E-state index in [0.717, 1.165) is 32.4 Å². The van der Waals surface area contributed by atoms with E-state index in [-0.39, 0.29) is 0 Å². The van der Waals surface area contributed by atoms with Crippen molar-refractivity contribution in [2.45, 2.75) is 83.1 Å². The lowest BCUT2D eigenvalue weighted by atomic mass is 9.96. The number of aryl methyl sites for hydroxylation is 12. The quantitative estimate of drug-likeness (QED) is 0.169. The highest BCUT2D eigenvalue weighted by Gasteiger charge is 2.11. The minimum absolute atomic E-state index is 0.826. The zero-order valence-corrected chi connectivity index (χ0v) is 33.8. The van der Waals surface area contributed by atoms with Gasteiger partial charge in [-0.05, 0) is 197 Å². The number of hydrogen-bond acceptors (Lipinski definition) is 1. The molecule has 0 aromatic heterocycles. The van der Waals surface area contributed by atoms with Gasteiger partial charge in [0.05, 0.1) is 0 Å². The van der Waals surface area contributed by atoms with Crippen LogP contribution in [0.25, 0.3) is 24.3 Å². The molecule has 0 atom stereocenters. The van der Waals surface area contributed by atoms with E-state index in [0.29, 0.717) is 0 Å². The van der Waals surface area contributed by atoms with Gasteiger partial charge in [0, 0.05) is 10.4 Å². The first-order valence-electron chi connectivity index (χ1n) is 18.8. The van der Waals surface area contributed by atoms with E-state index in [1.807, 2.05) is 0 Å². The Morgan fingerprint density at radius 2 is 0.566 bits per heavy atom. The largest absolute Gasteiger partial charge is 0.456 e. The molecule has 0 saturated carbocycles. The molecule has 0 radical (unpaired) electrons. The van der Waals surface area contributed by atoms with Gasteiger partial charge in [-0.3, -0.25) is 0 Å². The van der Waals surface area contributed by atoms with Crippen LogP contribution in [0.3, 0.4) is 0 Å². The zero-order valence-electron chi connectivity index (χ0n) is 33.8. The van der Waals surface area contributed by atoms with Crippen molar-refractivity contribution < 1.29 is 4.74 Å². The molecule has 0 aliphatic rings. The van der Waals surface area contributed by atoms with Gasteiger partial charge < -0.3 is 4.74 Å². The van der Waals surface area contributed by atoms with E-state index in [2.05, 4.69) is 192 Å². The molecule has 1 heteroatoms. The Hall–Kier alpha value is -5.40. The van der Waals surface area contributed by atoms with E-state index in [1.165, 1.54) is 89.0 Å². The molecular weight excluding hydrogens is 641 g/mol. The van der Waals surface area contributed by atoms with Gasteiger partial charge in [-0.1, -0.05) is 95.1 Å². The molecule has 0 aliphatic carbocycles. The first-order chi connectivity index (χ1) is 25.2. The molecule has 0 amide bonds. The molecule has 268 valence electrons. The summed E-state index contributed by atoms with van der Waals surface area (Å²) in [6, 6.07) is 31.1. The van der Waals surface area contributed by atoms with Crippen molar-refractivity contribution in [3.63, 3.8) is 0 Å². The van der Waals surface area contributed by atoms with Crippen LogP contribution in [-0.4, -0.2) is 0 Å². The Kier molecular flexibility index (Phi) is 10.8. The number of ether oxygens (including phenoxy) is 1. The first-order valence-corrected chi connectivity index (χ1v) is 18.8. The van der Waals surface area contributed by atoms with E-state index < -0.39 is 0 Å². The standard InChI is InChI=1S/C52H54O/c1-31-19-35(5)45(36(6)20-31)27-43-15-13-17-51(49(43)29-47-39(9)23-33(3)24-40(47)10)53-52-18-14-16-44(28-46-37(7)21-32(2)22-38(46)8)50(52)30-48-41(11)25-34(4)26-42(48)12/h13-30H,1-12H3. The minimum atomic E-state index is 0.826. The summed E-state index contributed by atoms with van der Waals surface area (Å²) in [6.07, 6.45) is 9.33. The molecule has 0 bridgehead atoms. The maximum Gasteiger partial charge on any atom is 0.135 e. The monoisotopic (exact) mass is 694 g/mol. The average molecular weight is 695 g/mol. The van der Waals surface area contributed by atoms with Crippen LogP contribution in [0.4, 0.5) is 0 Å². The molecule has 0 heterocycles. The fourth-order valence-electron chi connectivity index (χ4n) is 8.25. The van der Waals surface area contributed by atoms with Gasteiger partial charge in [0.15, 0.2) is 0 Å². The summed E-state index contributed by atoms with van der Waals surface area (Å²) in [5, 5.41) is 4.38. The smallest absolute Gasteiger partial charge is 0.135 e.